The van der Waals surface area contributed by atoms with Crippen LogP contribution in [0.25, 0.3) is 0 Å². The van der Waals surface area contributed by atoms with E-state index in [9.17, 15) is 8.42 Å². The number of ether oxygens (including phenoxy) is 1. The zero-order chi connectivity index (χ0) is 14.4. The Bertz CT molecular complexity index is 513. The first-order chi connectivity index (χ1) is 9.55. The molecular formula is C13H19ClN2O3S. The van der Waals surface area contributed by atoms with Crippen LogP contribution in [-0.4, -0.2) is 52.7 Å². The maximum atomic E-state index is 11.9. The second-order valence-electron chi connectivity index (χ2n) is 4.73. The molecule has 2 rings (SSSR count). The monoisotopic (exact) mass is 318 g/mol. The molecular weight excluding hydrogens is 300 g/mol. The Morgan fingerprint density at radius 3 is 2.50 bits per heavy atom. The standard InChI is InChI=1S/C13H19ClN2O3S/c14-13-3-1-12(2-4-13)11-20(17,18)15-5-6-16-7-9-19-10-8-16/h1-4,15H,5-11H2. The number of hydrogen-bond acceptors (Lipinski definition) is 4. The molecule has 0 unspecified atom stereocenters. The number of nitrogens with zero attached hydrogens (tertiary/aromatic N) is 1. The zero-order valence-electron chi connectivity index (χ0n) is 11.2. The molecule has 1 saturated heterocycles. The summed E-state index contributed by atoms with van der Waals surface area (Å²) < 4.78 is 31.7. The van der Waals surface area contributed by atoms with Gasteiger partial charge in [0.1, 0.15) is 0 Å². The second kappa shape index (κ2) is 7.38. The molecule has 0 radical (unpaired) electrons. The lowest BCUT2D eigenvalue weighted by Gasteiger charge is -2.26. The highest BCUT2D eigenvalue weighted by molar-refractivity contribution is 7.88. The van der Waals surface area contributed by atoms with Crippen LogP contribution < -0.4 is 4.72 Å². The van der Waals surface area contributed by atoms with Crippen LogP contribution in [0, 0.1) is 0 Å². The number of benzene rings is 1. The Kier molecular flexibility index (Phi) is 5.80. The van der Waals surface area contributed by atoms with E-state index >= 15 is 0 Å². The van der Waals surface area contributed by atoms with Gasteiger partial charge in [-0.3, -0.25) is 4.90 Å². The van der Waals surface area contributed by atoms with E-state index in [-0.39, 0.29) is 5.75 Å². The Hall–Kier alpha value is -0.660. The van der Waals surface area contributed by atoms with E-state index in [4.69, 9.17) is 16.3 Å². The van der Waals surface area contributed by atoms with Crippen LogP contribution in [0.4, 0.5) is 0 Å². The van der Waals surface area contributed by atoms with Crippen LogP contribution in [0.1, 0.15) is 5.56 Å². The molecule has 1 aromatic rings. The lowest BCUT2D eigenvalue weighted by Crippen LogP contribution is -2.41. The third kappa shape index (κ3) is 5.38. The van der Waals surface area contributed by atoms with Gasteiger partial charge in [0.2, 0.25) is 10.0 Å². The molecule has 1 heterocycles. The fourth-order valence-electron chi connectivity index (χ4n) is 2.04. The van der Waals surface area contributed by atoms with Crippen molar-refractivity contribution in [3.05, 3.63) is 34.9 Å². The Morgan fingerprint density at radius 2 is 1.85 bits per heavy atom. The highest BCUT2D eigenvalue weighted by atomic mass is 35.5. The molecule has 0 aliphatic carbocycles. The number of rotatable bonds is 6. The van der Waals surface area contributed by atoms with Gasteiger partial charge in [-0.05, 0) is 17.7 Å². The van der Waals surface area contributed by atoms with Crippen LogP contribution in [0.5, 0.6) is 0 Å². The third-order valence-electron chi connectivity index (χ3n) is 3.12. The predicted molar refractivity (Wildman–Crippen MR) is 79.3 cm³/mol. The molecule has 1 fully saturated rings. The van der Waals surface area contributed by atoms with Crippen LogP contribution in [-0.2, 0) is 20.5 Å². The normalized spacial score (nSPS) is 17.2. The van der Waals surface area contributed by atoms with Crippen LogP contribution in [0.15, 0.2) is 24.3 Å². The average molecular weight is 319 g/mol. The first-order valence-electron chi connectivity index (χ1n) is 6.57. The summed E-state index contributed by atoms with van der Waals surface area (Å²) in [6.07, 6.45) is 0. The average Bonchev–Trinajstić information content (AvgIpc) is 2.42. The van der Waals surface area contributed by atoms with Gasteiger partial charge in [-0.25, -0.2) is 13.1 Å². The summed E-state index contributed by atoms with van der Waals surface area (Å²) in [6.45, 7) is 4.30. The molecule has 1 aliphatic rings. The molecule has 1 aromatic carbocycles. The summed E-state index contributed by atoms with van der Waals surface area (Å²) in [5, 5.41) is 0.603. The Balaban J connectivity index is 1.77. The second-order valence-corrected chi connectivity index (χ2v) is 6.98. The van der Waals surface area contributed by atoms with Gasteiger partial charge in [-0.1, -0.05) is 23.7 Å². The van der Waals surface area contributed by atoms with Crippen LogP contribution >= 0.6 is 11.6 Å². The number of nitrogens with one attached hydrogen (secondary N) is 1. The summed E-state index contributed by atoms with van der Waals surface area (Å²) in [4.78, 5) is 2.19. The summed E-state index contributed by atoms with van der Waals surface area (Å²) in [5.74, 6) is -0.0206. The number of morpholine rings is 1. The minimum Gasteiger partial charge on any atom is -0.379 e. The van der Waals surface area contributed by atoms with E-state index in [1.807, 2.05) is 0 Å². The van der Waals surface area contributed by atoms with E-state index in [1.54, 1.807) is 24.3 Å². The van der Waals surface area contributed by atoms with E-state index in [1.165, 1.54) is 0 Å². The lowest BCUT2D eigenvalue weighted by atomic mass is 10.2. The fourth-order valence-corrected chi connectivity index (χ4v) is 3.30. The van der Waals surface area contributed by atoms with Crippen molar-refractivity contribution in [2.75, 3.05) is 39.4 Å². The number of halogens is 1. The number of hydrogen-bond donors (Lipinski definition) is 1. The van der Waals surface area contributed by atoms with E-state index in [2.05, 4.69) is 9.62 Å². The van der Waals surface area contributed by atoms with Crippen LogP contribution in [0.2, 0.25) is 5.02 Å². The van der Waals surface area contributed by atoms with Gasteiger partial charge >= 0.3 is 0 Å². The predicted octanol–water partition coefficient (Wildman–Crippen LogP) is 1.09. The smallest absolute Gasteiger partial charge is 0.215 e. The van der Waals surface area contributed by atoms with Gasteiger partial charge in [0, 0.05) is 31.2 Å². The zero-order valence-corrected chi connectivity index (χ0v) is 12.8. The van der Waals surface area contributed by atoms with Gasteiger partial charge in [0.15, 0.2) is 0 Å². The molecule has 0 aromatic heterocycles. The summed E-state index contributed by atoms with van der Waals surface area (Å²) in [5.41, 5.74) is 0.730. The maximum absolute atomic E-state index is 11.9. The molecule has 0 atom stereocenters. The summed E-state index contributed by atoms with van der Waals surface area (Å²) in [7, 11) is -3.30. The van der Waals surface area contributed by atoms with Crippen molar-refractivity contribution in [3.8, 4) is 0 Å². The molecule has 20 heavy (non-hydrogen) atoms. The van der Waals surface area contributed by atoms with E-state index < -0.39 is 10.0 Å². The lowest BCUT2D eigenvalue weighted by molar-refractivity contribution is 0.0390. The number of sulfonamides is 1. The Labute approximate surface area is 124 Å². The molecule has 0 amide bonds. The van der Waals surface area contributed by atoms with Gasteiger partial charge < -0.3 is 4.74 Å². The van der Waals surface area contributed by atoms with Crippen molar-refractivity contribution in [2.45, 2.75) is 5.75 Å². The molecule has 0 spiro atoms. The largest absolute Gasteiger partial charge is 0.379 e. The van der Waals surface area contributed by atoms with Crippen molar-refractivity contribution >= 4 is 21.6 Å². The molecule has 0 saturated carbocycles. The first-order valence-corrected chi connectivity index (χ1v) is 8.60. The van der Waals surface area contributed by atoms with Crippen molar-refractivity contribution in [3.63, 3.8) is 0 Å². The van der Waals surface area contributed by atoms with Crippen molar-refractivity contribution in [1.82, 2.24) is 9.62 Å². The topological polar surface area (TPSA) is 58.6 Å². The van der Waals surface area contributed by atoms with Crippen molar-refractivity contribution in [1.29, 1.82) is 0 Å². The third-order valence-corrected chi connectivity index (χ3v) is 4.73. The molecule has 7 heteroatoms. The SMILES string of the molecule is O=S(=O)(Cc1ccc(Cl)cc1)NCCN1CCOCC1. The minimum atomic E-state index is -3.30. The minimum absolute atomic E-state index is 0.0206. The Morgan fingerprint density at radius 1 is 1.20 bits per heavy atom. The van der Waals surface area contributed by atoms with Crippen molar-refractivity contribution < 1.29 is 13.2 Å². The molecule has 5 nitrogen and oxygen atoms in total. The van der Waals surface area contributed by atoms with E-state index in [0.29, 0.717) is 18.1 Å². The van der Waals surface area contributed by atoms with Gasteiger partial charge in [-0.2, -0.15) is 0 Å². The maximum Gasteiger partial charge on any atom is 0.215 e. The fraction of sp³-hybridized carbons (Fsp3) is 0.538. The highest BCUT2D eigenvalue weighted by Crippen LogP contribution is 2.11. The summed E-state index contributed by atoms with van der Waals surface area (Å²) >= 11 is 5.77. The van der Waals surface area contributed by atoms with Crippen molar-refractivity contribution in [2.24, 2.45) is 0 Å². The molecule has 1 aliphatic heterocycles. The molecule has 0 bridgehead atoms. The quantitative estimate of drug-likeness (QED) is 0.853. The van der Waals surface area contributed by atoms with E-state index in [0.717, 1.165) is 31.9 Å². The van der Waals surface area contributed by atoms with Gasteiger partial charge in [0.25, 0.3) is 0 Å². The summed E-state index contributed by atoms with van der Waals surface area (Å²) in [6, 6.07) is 6.84. The first kappa shape index (κ1) is 15.7. The van der Waals surface area contributed by atoms with Gasteiger partial charge in [-0.15, -0.1) is 0 Å². The van der Waals surface area contributed by atoms with Crippen LogP contribution in [0.3, 0.4) is 0 Å². The molecule has 1 N–H and O–H groups in total. The highest BCUT2D eigenvalue weighted by Gasteiger charge is 2.13. The van der Waals surface area contributed by atoms with Gasteiger partial charge in [0.05, 0.1) is 19.0 Å². The molecule has 112 valence electrons.